The standard InChI is InChI=1S/C49H32/c1-49(2)45-27-31-25-30(24-23-29(31)26-44(45)47-40-21-11-6-15-34(40)35-16-8-12-22-41(35)48(47)49)42-28-43-36-17-4-3-13-32(36)33-14-5-9-19-38(33)46(43)39-20-10-7-18-37(39)42/h3-28H,1-2H3. The smallest absolute Gasteiger partial charge is 0.0165 e. The van der Waals surface area contributed by atoms with Crippen LogP contribution in [0, 0.1) is 0 Å². The molecule has 0 heterocycles. The average Bonchev–Trinajstić information content (AvgIpc) is 3.39. The Kier molecular flexibility index (Phi) is 5.27. The van der Waals surface area contributed by atoms with Crippen LogP contribution in [0.1, 0.15) is 25.0 Å². The van der Waals surface area contributed by atoms with E-state index in [-0.39, 0.29) is 5.41 Å². The maximum atomic E-state index is 2.49. The molecule has 0 fully saturated rings. The summed E-state index contributed by atoms with van der Waals surface area (Å²) in [5.74, 6) is 0. The Morgan fingerprint density at radius 2 is 0.837 bits per heavy atom. The molecule has 10 aromatic rings. The van der Waals surface area contributed by atoms with Gasteiger partial charge in [-0.15, -0.1) is 0 Å². The lowest BCUT2D eigenvalue weighted by molar-refractivity contribution is 0.667. The molecule has 1 aliphatic rings. The van der Waals surface area contributed by atoms with Crippen LogP contribution in [0.4, 0.5) is 0 Å². The molecule has 0 unspecified atom stereocenters. The van der Waals surface area contributed by atoms with E-state index in [1.54, 1.807) is 0 Å². The van der Waals surface area contributed by atoms with Crippen LogP contribution in [0.3, 0.4) is 0 Å². The largest absolute Gasteiger partial charge is 0.0616 e. The summed E-state index contributed by atoms with van der Waals surface area (Å²) in [6.45, 7) is 4.83. The minimum Gasteiger partial charge on any atom is -0.0616 e. The van der Waals surface area contributed by atoms with Crippen molar-refractivity contribution in [3.63, 3.8) is 0 Å². The first-order valence-corrected chi connectivity index (χ1v) is 17.4. The molecule has 0 aromatic heterocycles. The maximum Gasteiger partial charge on any atom is 0.0165 e. The SMILES string of the molecule is CC1(C)c2cc3cc(-c4cc5c6ccccc6c6ccccc6c5c5ccccc45)ccc3cc2-c2c1c1ccccc1c1ccccc21. The summed E-state index contributed by atoms with van der Waals surface area (Å²) in [7, 11) is 0. The number of fused-ring (bicyclic) bond motifs is 17. The van der Waals surface area contributed by atoms with Crippen molar-refractivity contribution >= 4 is 75.4 Å². The Balaban J connectivity index is 1.20. The first-order valence-electron chi connectivity index (χ1n) is 17.4. The molecule has 0 heteroatoms. The Hall–Kier alpha value is -5.98. The summed E-state index contributed by atoms with van der Waals surface area (Å²) in [4.78, 5) is 0. The predicted molar refractivity (Wildman–Crippen MR) is 212 cm³/mol. The Labute approximate surface area is 284 Å². The molecule has 228 valence electrons. The molecule has 0 N–H and O–H groups in total. The normalized spacial score (nSPS) is 13.7. The van der Waals surface area contributed by atoms with E-state index in [1.807, 2.05) is 0 Å². The van der Waals surface area contributed by atoms with Gasteiger partial charge in [-0.3, -0.25) is 0 Å². The molecule has 0 saturated heterocycles. The van der Waals surface area contributed by atoms with Gasteiger partial charge in [0.15, 0.2) is 0 Å². The van der Waals surface area contributed by atoms with Gasteiger partial charge in [0.05, 0.1) is 0 Å². The van der Waals surface area contributed by atoms with Crippen molar-refractivity contribution in [1.29, 1.82) is 0 Å². The van der Waals surface area contributed by atoms with Crippen LogP contribution in [0.2, 0.25) is 0 Å². The first kappa shape index (κ1) is 27.0. The highest BCUT2D eigenvalue weighted by Gasteiger charge is 2.38. The van der Waals surface area contributed by atoms with Crippen LogP contribution in [0.5, 0.6) is 0 Å². The third kappa shape index (κ3) is 3.53. The van der Waals surface area contributed by atoms with Gasteiger partial charge in [0.25, 0.3) is 0 Å². The second-order valence-corrected chi connectivity index (χ2v) is 14.4. The highest BCUT2D eigenvalue weighted by molar-refractivity contribution is 6.33. The average molecular weight is 621 g/mol. The van der Waals surface area contributed by atoms with Gasteiger partial charge in [-0.25, -0.2) is 0 Å². The fourth-order valence-electron chi connectivity index (χ4n) is 9.40. The van der Waals surface area contributed by atoms with Crippen LogP contribution in [0.25, 0.3) is 97.7 Å². The second-order valence-electron chi connectivity index (χ2n) is 14.4. The molecule has 0 nitrogen and oxygen atoms in total. The topological polar surface area (TPSA) is 0 Å². The summed E-state index contributed by atoms with van der Waals surface area (Å²) >= 11 is 0. The van der Waals surface area contributed by atoms with E-state index in [2.05, 4.69) is 172 Å². The molecule has 11 rings (SSSR count). The molecule has 49 heavy (non-hydrogen) atoms. The van der Waals surface area contributed by atoms with Crippen molar-refractivity contribution in [3.8, 4) is 22.3 Å². The van der Waals surface area contributed by atoms with Gasteiger partial charge in [-0.2, -0.15) is 0 Å². The molecule has 0 saturated carbocycles. The number of hydrogen-bond acceptors (Lipinski definition) is 0. The lowest BCUT2D eigenvalue weighted by Gasteiger charge is -2.24. The molecule has 10 aromatic carbocycles. The summed E-state index contributed by atoms with van der Waals surface area (Å²) in [5.41, 5.74) is 8.05. The van der Waals surface area contributed by atoms with Crippen LogP contribution >= 0.6 is 0 Å². The van der Waals surface area contributed by atoms with Gasteiger partial charge in [-0.05, 0) is 133 Å². The molecule has 0 atom stereocenters. The zero-order valence-corrected chi connectivity index (χ0v) is 27.5. The van der Waals surface area contributed by atoms with Crippen molar-refractivity contribution in [3.05, 3.63) is 169 Å². The van der Waals surface area contributed by atoms with Crippen molar-refractivity contribution in [1.82, 2.24) is 0 Å². The van der Waals surface area contributed by atoms with Gasteiger partial charge in [0.1, 0.15) is 0 Å². The minimum atomic E-state index is -0.131. The van der Waals surface area contributed by atoms with Crippen LogP contribution < -0.4 is 0 Å². The zero-order valence-electron chi connectivity index (χ0n) is 27.5. The zero-order chi connectivity index (χ0) is 32.4. The van der Waals surface area contributed by atoms with Gasteiger partial charge in [0, 0.05) is 5.41 Å². The van der Waals surface area contributed by atoms with E-state index < -0.39 is 0 Å². The van der Waals surface area contributed by atoms with Crippen LogP contribution in [-0.4, -0.2) is 0 Å². The Bertz CT molecular complexity index is 3070. The third-order valence-electron chi connectivity index (χ3n) is 11.5. The number of benzene rings is 10. The molecular weight excluding hydrogens is 589 g/mol. The predicted octanol–water partition coefficient (Wildman–Crippen LogP) is 13.7. The van der Waals surface area contributed by atoms with Gasteiger partial charge < -0.3 is 0 Å². The molecule has 0 spiro atoms. The molecule has 0 amide bonds. The summed E-state index contributed by atoms with van der Waals surface area (Å²) in [5, 5.41) is 18.5. The molecule has 0 bridgehead atoms. The van der Waals surface area contributed by atoms with E-state index in [1.165, 1.54) is 109 Å². The van der Waals surface area contributed by atoms with E-state index in [0.717, 1.165) is 0 Å². The molecule has 1 aliphatic carbocycles. The van der Waals surface area contributed by atoms with Gasteiger partial charge in [-0.1, -0.05) is 147 Å². The number of rotatable bonds is 1. The highest BCUT2D eigenvalue weighted by Crippen LogP contribution is 2.55. The van der Waals surface area contributed by atoms with E-state index in [0.29, 0.717) is 0 Å². The third-order valence-corrected chi connectivity index (χ3v) is 11.5. The maximum absolute atomic E-state index is 2.49. The van der Waals surface area contributed by atoms with Crippen LogP contribution in [0.15, 0.2) is 158 Å². The summed E-state index contributed by atoms with van der Waals surface area (Å²) in [6, 6.07) is 59.3. The Morgan fingerprint density at radius 3 is 1.51 bits per heavy atom. The number of hydrogen-bond donors (Lipinski definition) is 0. The van der Waals surface area contributed by atoms with E-state index >= 15 is 0 Å². The lowest BCUT2D eigenvalue weighted by atomic mass is 9.79. The van der Waals surface area contributed by atoms with Gasteiger partial charge >= 0.3 is 0 Å². The second kappa shape index (κ2) is 9.56. The minimum absolute atomic E-state index is 0.131. The Morgan fingerprint density at radius 1 is 0.347 bits per heavy atom. The van der Waals surface area contributed by atoms with E-state index in [4.69, 9.17) is 0 Å². The molecule has 0 aliphatic heterocycles. The van der Waals surface area contributed by atoms with Crippen molar-refractivity contribution in [2.24, 2.45) is 0 Å². The fourth-order valence-corrected chi connectivity index (χ4v) is 9.40. The van der Waals surface area contributed by atoms with Gasteiger partial charge in [0.2, 0.25) is 0 Å². The van der Waals surface area contributed by atoms with Crippen molar-refractivity contribution in [2.45, 2.75) is 19.3 Å². The van der Waals surface area contributed by atoms with E-state index in [9.17, 15) is 0 Å². The lowest BCUT2D eigenvalue weighted by Crippen LogP contribution is -2.15. The highest BCUT2D eigenvalue weighted by atomic mass is 14.4. The first-order chi connectivity index (χ1) is 24.1. The van der Waals surface area contributed by atoms with Crippen LogP contribution in [-0.2, 0) is 5.41 Å². The monoisotopic (exact) mass is 620 g/mol. The fraction of sp³-hybridized carbons (Fsp3) is 0.0612. The summed E-state index contributed by atoms with van der Waals surface area (Å²) in [6.07, 6.45) is 0. The molecular formula is C49H32. The summed E-state index contributed by atoms with van der Waals surface area (Å²) < 4.78 is 0. The van der Waals surface area contributed by atoms with Crippen molar-refractivity contribution < 1.29 is 0 Å². The quantitative estimate of drug-likeness (QED) is 0.160. The van der Waals surface area contributed by atoms with Crippen molar-refractivity contribution in [2.75, 3.05) is 0 Å². The molecule has 0 radical (unpaired) electrons.